The van der Waals surface area contributed by atoms with Crippen LogP contribution in [0.1, 0.15) is 53.8 Å². The highest BCUT2D eigenvalue weighted by molar-refractivity contribution is 5.93. The third-order valence-corrected chi connectivity index (χ3v) is 5.91. The normalized spacial score (nSPS) is 26.0. The summed E-state index contributed by atoms with van der Waals surface area (Å²) in [6, 6.07) is 6.63. The lowest BCUT2D eigenvalue weighted by atomic mass is 10.00. The third kappa shape index (κ3) is 3.42. The fraction of sp³-hybridized carbons (Fsp3) is 0.500. The molecule has 1 saturated carbocycles. The van der Waals surface area contributed by atoms with E-state index < -0.39 is 18.1 Å². The molecule has 0 spiro atoms. The predicted molar refractivity (Wildman–Crippen MR) is 98.8 cm³/mol. The Hall–Kier alpha value is -2.71. The van der Waals surface area contributed by atoms with E-state index in [2.05, 4.69) is 15.7 Å². The molecular weight excluding hydrogens is 385 g/mol. The van der Waals surface area contributed by atoms with Gasteiger partial charge in [0.1, 0.15) is 11.6 Å². The first-order valence-electron chi connectivity index (χ1n) is 9.85. The molecule has 9 heteroatoms. The van der Waals surface area contributed by atoms with Crippen LogP contribution >= 0.6 is 0 Å². The fourth-order valence-electron chi connectivity index (χ4n) is 4.25. The molecule has 1 aliphatic carbocycles. The van der Waals surface area contributed by atoms with Gasteiger partial charge in [-0.05, 0) is 31.2 Å². The summed E-state index contributed by atoms with van der Waals surface area (Å²) in [5.41, 5.74) is 0.846. The molecule has 29 heavy (non-hydrogen) atoms. The number of ether oxygens (including phenoxy) is 1. The number of nitrogens with one attached hydrogen (secondary N) is 2. The summed E-state index contributed by atoms with van der Waals surface area (Å²) in [6.45, 7) is 0.461. The third-order valence-electron chi connectivity index (χ3n) is 5.91. The molecule has 1 aromatic carbocycles. The van der Waals surface area contributed by atoms with Crippen molar-refractivity contribution in [3.8, 4) is 5.75 Å². The number of amides is 1. The van der Waals surface area contributed by atoms with E-state index in [1.807, 2.05) is 24.3 Å². The van der Waals surface area contributed by atoms with E-state index >= 15 is 0 Å². The number of carbonyl (C=O) groups is 1. The molecule has 1 aromatic heterocycles. The minimum absolute atomic E-state index is 0.0119. The summed E-state index contributed by atoms with van der Waals surface area (Å²) < 4.78 is 47.4. The SMILES string of the molecule is O=C(N[C@@H]1CCOc2ccccc21)c1cc2n(n1)[C@@H](C(F)(F)F)C[C@H](C1CC1)N2. The van der Waals surface area contributed by atoms with Crippen LogP contribution in [0.2, 0.25) is 0 Å². The van der Waals surface area contributed by atoms with E-state index in [1.165, 1.54) is 6.07 Å². The van der Waals surface area contributed by atoms with Crippen LogP contribution in [0.5, 0.6) is 5.75 Å². The highest BCUT2D eigenvalue weighted by Gasteiger charge is 2.49. The van der Waals surface area contributed by atoms with Crippen LogP contribution in [-0.4, -0.2) is 34.5 Å². The van der Waals surface area contributed by atoms with Gasteiger partial charge in [0.05, 0.1) is 12.6 Å². The Morgan fingerprint density at radius 1 is 1.24 bits per heavy atom. The van der Waals surface area contributed by atoms with Crippen LogP contribution in [0.3, 0.4) is 0 Å². The predicted octanol–water partition coefficient (Wildman–Crippen LogP) is 3.83. The minimum Gasteiger partial charge on any atom is -0.493 e. The minimum atomic E-state index is -4.41. The standard InChI is InChI=1S/C20H21F3N4O2/c21-20(22,23)17-9-14(11-5-6-11)24-18-10-15(26-27(17)18)19(28)25-13-7-8-29-16-4-2-1-3-12(13)16/h1-4,10-11,13-14,17,24H,5-9H2,(H,25,28)/t13-,14-,17-/m1/s1. The molecule has 6 nitrogen and oxygen atoms in total. The van der Waals surface area contributed by atoms with Gasteiger partial charge in [-0.3, -0.25) is 4.79 Å². The number of hydrogen-bond donors (Lipinski definition) is 2. The summed E-state index contributed by atoms with van der Waals surface area (Å²) in [5.74, 6) is 0.742. The van der Waals surface area contributed by atoms with Crippen molar-refractivity contribution in [2.45, 2.75) is 50.0 Å². The van der Waals surface area contributed by atoms with Gasteiger partial charge in [-0.2, -0.15) is 18.3 Å². The topological polar surface area (TPSA) is 68.2 Å². The molecule has 3 heterocycles. The Balaban J connectivity index is 1.40. The van der Waals surface area contributed by atoms with Crippen LogP contribution in [0.4, 0.5) is 19.0 Å². The highest BCUT2D eigenvalue weighted by atomic mass is 19.4. The molecule has 2 N–H and O–H groups in total. The van der Waals surface area contributed by atoms with Crippen molar-refractivity contribution in [1.29, 1.82) is 0 Å². The smallest absolute Gasteiger partial charge is 0.410 e. The van der Waals surface area contributed by atoms with Gasteiger partial charge in [0.15, 0.2) is 11.7 Å². The lowest BCUT2D eigenvalue weighted by Gasteiger charge is -2.33. The van der Waals surface area contributed by atoms with Crippen molar-refractivity contribution in [2.75, 3.05) is 11.9 Å². The fourth-order valence-corrected chi connectivity index (χ4v) is 4.25. The molecule has 0 radical (unpaired) electrons. The van der Waals surface area contributed by atoms with Gasteiger partial charge in [0.2, 0.25) is 0 Å². The molecule has 1 amide bonds. The Morgan fingerprint density at radius 2 is 2.03 bits per heavy atom. The molecule has 0 unspecified atom stereocenters. The quantitative estimate of drug-likeness (QED) is 0.813. The average Bonchev–Trinajstić information content (AvgIpc) is 3.45. The first-order chi connectivity index (χ1) is 13.9. The number of aromatic nitrogens is 2. The largest absolute Gasteiger partial charge is 0.493 e. The lowest BCUT2D eigenvalue weighted by molar-refractivity contribution is -0.174. The first kappa shape index (κ1) is 18.3. The highest BCUT2D eigenvalue weighted by Crippen LogP contribution is 2.45. The second-order valence-corrected chi connectivity index (χ2v) is 7.94. The summed E-state index contributed by atoms with van der Waals surface area (Å²) in [7, 11) is 0. The molecule has 0 saturated heterocycles. The van der Waals surface area contributed by atoms with Crippen molar-refractivity contribution in [1.82, 2.24) is 15.1 Å². The van der Waals surface area contributed by atoms with E-state index in [0.29, 0.717) is 18.8 Å². The average molecular weight is 406 g/mol. The van der Waals surface area contributed by atoms with Crippen LogP contribution in [0, 0.1) is 5.92 Å². The Morgan fingerprint density at radius 3 is 2.79 bits per heavy atom. The zero-order valence-electron chi connectivity index (χ0n) is 15.6. The molecular formula is C20H21F3N4O2. The maximum atomic E-state index is 13.6. The van der Waals surface area contributed by atoms with Crippen LogP contribution in [0.15, 0.2) is 30.3 Å². The number of hydrogen-bond acceptors (Lipinski definition) is 4. The van der Waals surface area contributed by atoms with Crippen molar-refractivity contribution in [3.05, 3.63) is 41.6 Å². The lowest BCUT2D eigenvalue weighted by Crippen LogP contribution is -2.40. The van der Waals surface area contributed by atoms with E-state index in [1.54, 1.807) is 0 Å². The van der Waals surface area contributed by atoms with Crippen molar-refractivity contribution in [2.24, 2.45) is 5.92 Å². The molecule has 2 aliphatic heterocycles. The monoisotopic (exact) mass is 406 g/mol. The molecule has 0 bridgehead atoms. The maximum Gasteiger partial charge on any atom is 0.410 e. The number of fused-ring (bicyclic) bond motifs is 2. The molecule has 3 aliphatic rings. The molecule has 154 valence electrons. The molecule has 2 aromatic rings. The van der Waals surface area contributed by atoms with Gasteiger partial charge >= 0.3 is 6.18 Å². The van der Waals surface area contributed by atoms with E-state index in [4.69, 9.17) is 4.74 Å². The van der Waals surface area contributed by atoms with Crippen molar-refractivity contribution < 1.29 is 22.7 Å². The molecule has 1 fully saturated rings. The van der Waals surface area contributed by atoms with Gasteiger partial charge in [-0.15, -0.1) is 0 Å². The van der Waals surface area contributed by atoms with E-state index in [-0.39, 0.29) is 35.9 Å². The molecule has 5 rings (SSSR count). The van der Waals surface area contributed by atoms with Crippen LogP contribution in [-0.2, 0) is 0 Å². The zero-order chi connectivity index (χ0) is 20.2. The molecule has 3 atom stereocenters. The number of alkyl halides is 3. The van der Waals surface area contributed by atoms with Gasteiger partial charge in [0.25, 0.3) is 5.91 Å². The zero-order valence-corrected chi connectivity index (χ0v) is 15.6. The Bertz CT molecular complexity index is 938. The van der Waals surface area contributed by atoms with E-state index in [0.717, 1.165) is 23.1 Å². The van der Waals surface area contributed by atoms with Crippen LogP contribution < -0.4 is 15.4 Å². The van der Waals surface area contributed by atoms with Gasteiger partial charge in [0, 0.05) is 24.1 Å². The summed E-state index contributed by atoms with van der Waals surface area (Å²) in [4.78, 5) is 12.8. The second kappa shape index (κ2) is 6.67. The number of halogens is 3. The van der Waals surface area contributed by atoms with Gasteiger partial charge in [-0.25, -0.2) is 4.68 Å². The number of carbonyl (C=O) groups excluding carboxylic acids is 1. The Kier molecular flexibility index (Phi) is 4.22. The van der Waals surface area contributed by atoms with Gasteiger partial charge < -0.3 is 15.4 Å². The van der Waals surface area contributed by atoms with Gasteiger partial charge in [-0.1, -0.05) is 18.2 Å². The number of nitrogens with zero attached hydrogens (tertiary/aromatic N) is 2. The van der Waals surface area contributed by atoms with Crippen molar-refractivity contribution >= 4 is 11.7 Å². The summed E-state index contributed by atoms with van der Waals surface area (Å²) in [6.07, 6.45) is -2.01. The number of benzene rings is 1. The second-order valence-electron chi connectivity index (χ2n) is 7.94. The van der Waals surface area contributed by atoms with E-state index in [9.17, 15) is 18.0 Å². The summed E-state index contributed by atoms with van der Waals surface area (Å²) in [5, 5.41) is 10.1. The Labute approximate surface area is 165 Å². The maximum absolute atomic E-state index is 13.6. The summed E-state index contributed by atoms with van der Waals surface area (Å²) >= 11 is 0. The first-order valence-corrected chi connectivity index (χ1v) is 9.85. The number of rotatable bonds is 3. The van der Waals surface area contributed by atoms with Crippen LogP contribution in [0.25, 0.3) is 0 Å². The number of anilines is 1. The van der Waals surface area contributed by atoms with Crippen molar-refractivity contribution in [3.63, 3.8) is 0 Å². The number of para-hydroxylation sites is 1.